The van der Waals surface area contributed by atoms with Crippen molar-refractivity contribution in [1.82, 2.24) is 58.2 Å². The SMILES string of the molecule is CCCCCCCCCCCCCC(=O)NCCOCCOCC(=O)NCCOCCOCC(=O)N[C@@H](CCCC)C(=O)N[C@H]1CCC(=O)NCCCC[C@@H](C(N)=O)NC(=O)[C@H](Cc2c[nH]c3ccccc23)NC(=O)[C@H](CCCN=C(N)N)NC(=O)[C@@H](Cc2ccccc2)NC(=O)[C@H](CC(N)=O)NC1=O. The van der Waals surface area contributed by atoms with Crippen LogP contribution in [0.25, 0.3) is 10.9 Å². The molecular weight excluding hydrogens is 1360 g/mol. The molecule has 0 radical (unpaired) electrons. The molecule has 32 nitrogen and oxygen atoms in total. The Hall–Kier alpha value is -9.27. The zero-order valence-electron chi connectivity index (χ0n) is 61.3. The van der Waals surface area contributed by atoms with E-state index in [0.29, 0.717) is 43.5 Å². The predicted octanol–water partition coefficient (Wildman–Crippen LogP) is 1.03. The number of H-pyrrole nitrogens is 1. The van der Waals surface area contributed by atoms with Gasteiger partial charge in [0.25, 0.3) is 0 Å². The van der Waals surface area contributed by atoms with E-state index in [2.05, 4.69) is 70.1 Å². The molecule has 0 saturated carbocycles. The second kappa shape index (κ2) is 52.6. The van der Waals surface area contributed by atoms with Crippen LogP contribution in [-0.2, 0) is 89.3 Å². The van der Waals surface area contributed by atoms with Gasteiger partial charge in [-0.25, -0.2) is 0 Å². The van der Waals surface area contributed by atoms with Gasteiger partial charge in [-0.05, 0) is 68.6 Å². The molecule has 105 heavy (non-hydrogen) atoms. The van der Waals surface area contributed by atoms with Gasteiger partial charge in [-0.1, -0.05) is 139 Å². The van der Waals surface area contributed by atoms with E-state index in [0.717, 1.165) is 30.2 Å². The van der Waals surface area contributed by atoms with E-state index >= 15 is 0 Å². The Morgan fingerprint density at radius 3 is 1.77 bits per heavy atom. The van der Waals surface area contributed by atoms with Crippen molar-refractivity contribution in [2.45, 2.75) is 217 Å². The topological polar surface area (TPSA) is 494 Å². The maximum Gasteiger partial charge on any atom is 0.246 e. The van der Waals surface area contributed by atoms with Gasteiger partial charge in [0.2, 0.25) is 70.9 Å². The Kier molecular flexibility index (Phi) is 44.2. The minimum atomic E-state index is -1.80. The summed E-state index contributed by atoms with van der Waals surface area (Å²) in [7, 11) is 0. The van der Waals surface area contributed by atoms with Crippen LogP contribution in [0.15, 0.2) is 65.8 Å². The molecule has 4 rings (SSSR count). The summed E-state index contributed by atoms with van der Waals surface area (Å²) in [6.45, 7) is 4.87. The summed E-state index contributed by atoms with van der Waals surface area (Å²) in [5.74, 6) is -9.34. The highest BCUT2D eigenvalue weighted by atomic mass is 16.5. The molecule has 12 amide bonds. The fourth-order valence-corrected chi connectivity index (χ4v) is 11.5. The van der Waals surface area contributed by atoms with Crippen molar-refractivity contribution in [1.29, 1.82) is 0 Å². The molecule has 0 bridgehead atoms. The summed E-state index contributed by atoms with van der Waals surface area (Å²) in [6.07, 6.45) is 15.4. The Balaban J connectivity index is 1.37. The van der Waals surface area contributed by atoms with Crippen molar-refractivity contribution < 1.29 is 76.5 Å². The summed E-state index contributed by atoms with van der Waals surface area (Å²) in [5.41, 5.74) is 24.6. The number of nitrogens with two attached hydrogens (primary N) is 4. The van der Waals surface area contributed by atoms with Gasteiger partial charge < -0.3 is 100 Å². The van der Waals surface area contributed by atoms with Crippen LogP contribution in [0.1, 0.15) is 173 Å². The Morgan fingerprint density at radius 1 is 0.562 bits per heavy atom. The fraction of sp³-hybridized carbons (Fsp3) is 0.630. The van der Waals surface area contributed by atoms with Crippen molar-refractivity contribution in [2.75, 3.05) is 79.0 Å². The van der Waals surface area contributed by atoms with Crippen molar-refractivity contribution in [3.8, 4) is 0 Å². The lowest BCUT2D eigenvalue weighted by atomic mass is 10.0. The van der Waals surface area contributed by atoms with Crippen molar-refractivity contribution in [3.63, 3.8) is 0 Å². The minimum absolute atomic E-state index is 0.00938. The Bertz CT molecular complexity index is 3190. The molecule has 2 heterocycles. The first-order chi connectivity index (χ1) is 50.7. The van der Waals surface area contributed by atoms with Gasteiger partial charge in [-0.15, -0.1) is 0 Å². The number of aromatic nitrogens is 1. The molecule has 19 N–H and O–H groups in total. The molecule has 2 aromatic carbocycles. The van der Waals surface area contributed by atoms with Gasteiger partial charge in [0.15, 0.2) is 5.96 Å². The second-order valence-electron chi connectivity index (χ2n) is 26.1. The number of primary amides is 2. The number of nitrogens with one attached hydrogen (secondary N) is 11. The van der Waals surface area contributed by atoms with Gasteiger partial charge >= 0.3 is 0 Å². The highest BCUT2D eigenvalue weighted by molar-refractivity contribution is 5.99. The van der Waals surface area contributed by atoms with Crippen LogP contribution >= 0.6 is 0 Å². The number of benzene rings is 2. The van der Waals surface area contributed by atoms with Gasteiger partial charge in [-0.3, -0.25) is 62.5 Å². The van der Waals surface area contributed by atoms with Crippen molar-refractivity contribution >= 4 is 87.7 Å². The third-order valence-corrected chi connectivity index (χ3v) is 17.3. The van der Waals surface area contributed by atoms with Crippen LogP contribution in [0.3, 0.4) is 0 Å². The van der Waals surface area contributed by atoms with Gasteiger partial charge in [0.05, 0.1) is 46.1 Å². The predicted molar refractivity (Wildman–Crippen MR) is 395 cm³/mol. The molecule has 1 aromatic heterocycles. The summed E-state index contributed by atoms with van der Waals surface area (Å²) < 4.78 is 21.9. The smallest absolute Gasteiger partial charge is 0.246 e. The number of aliphatic imine (C=N–C) groups is 1. The third-order valence-electron chi connectivity index (χ3n) is 17.3. The van der Waals surface area contributed by atoms with Crippen LogP contribution in [0.5, 0.6) is 0 Å². The van der Waals surface area contributed by atoms with Crippen LogP contribution in [-0.4, -0.2) is 203 Å². The van der Waals surface area contributed by atoms with E-state index in [-0.39, 0.29) is 141 Å². The number of fused-ring (bicyclic) bond motifs is 1. The van der Waals surface area contributed by atoms with E-state index in [1.54, 1.807) is 42.6 Å². The van der Waals surface area contributed by atoms with Crippen LogP contribution < -0.4 is 76.1 Å². The number of carbonyl (C=O) groups excluding carboxylic acids is 12. The van der Waals surface area contributed by atoms with E-state index < -0.39 is 114 Å². The zero-order chi connectivity index (χ0) is 76.4. The number of unbranched alkanes of at least 4 members (excludes halogenated alkanes) is 11. The molecule has 584 valence electrons. The molecule has 0 spiro atoms. The highest BCUT2D eigenvalue weighted by Crippen LogP contribution is 2.21. The number of carbonyl (C=O) groups is 12. The van der Waals surface area contributed by atoms with Crippen molar-refractivity contribution in [2.24, 2.45) is 27.9 Å². The quantitative estimate of drug-likeness (QED) is 0.0213. The molecule has 7 atom stereocenters. The van der Waals surface area contributed by atoms with Gasteiger partial charge in [-0.2, -0.15) is 0 Å². The number of rotatable bonds is 45. The lowest BCUT2D eigenvalue weighted by molar-refractivity contribution is -0.136. The van der Waals surface area contributed by atoms with Crippen LogP contribution in [0, 0.1) is 0 Å². The first-order valence-electron chi connectivity index (χ1n) is 37.1. The summed E-state index contributed by atoms with van der Waals surface area (Å²) >= 11 is 0. The average Bonchev–Trinajstić information content (AvgIpc) is 1.69. The van der Waals surface area contributed by atoms with Gasteiger partial charge in [0.1, 0.15) is 55.5 Å². The maximum atomic E-state index is 14.8. The first-order valence-corrected chi connectivity index (χ1v) is 37.1. The number of guanidine groups is 1. The molecule has 1 aliphatic rings. The molecule has 0 aliphatic carbocycles. The van der Waals surface area contributed by atoms with E-state index in [9.17, 15) is 57.5 Å². The molecular formula is C73H116N16O16. The van der Waals surface area contributed by atoms with Crippen molar-refractivity contribution in [3.05, 3.63) is 71.9 Å². The third kappa shape index (κ3) is 38.4. The number of hydrogen-bond acceptors (Lipinski definition) is 17. The second-order valence-corrected chi connectivity index (χ2v) is 26.1. The number of hydrogen-bond donors (Lipinski definition) is 15. The molecule has 32 heteroatoms. The van der Waals surface area contributed by atoms with E-state index in [4.69, 9.17) is 41.9 Å². The normalized spacial score (nSPS) is 18.5. The number of para-hydroxylation sites is 1. The first kappa shape index (κ1) is 88.1. The summed E-state index contributed by atoms with van der Waals surface area (Å²) in [4.78, 5) is 171. The number of nitrogens with zero attached hydrogens (tertiary/aromatic N) is 1. The lowest BCUT2D eigenvalue weighted by Crippen LogP contribution is -2.61. The largest absolute Gasteiger partial charge is 0.377 e. The zero-order valence-corrected chi connectivity index (χ0v) is 61.3. The molecule has 1 fully saturated rings. The fourth-order valence-electron chi connectivity index (χ4n) is 11.5. The molecule has 1 aliphatic heterocycles. The molecule has 0 unspecified atom stereocenters. The summed E-state index contributed by atoms with van der Waals surface area (Å²) in [6, 6.07) is 5.46. The molecule has 3 aromatic rings. The average molecular weight is 1470 g/mol. The van der Waals surface area contributed by atoms with E-state index in [1.165, 1.54) is 51.4 Å². The van der Waals surface area contributed by atoms with Gasteiger partial charge in [0, 0.05) is 69.0 Å². The number of ether oxygens (including phenoxy) is 4. The van der Waals surface area contributed by atoms with Crippen LogP contribution in [0.4, 0.5) is 0 Å². The van der Waals surface area contributed by atoms with Crippen LogP contribution in [0.2, 0.25) is 0 Å². The Morgan fingerprint density at radius 2 is 1.12 bits per heavy atom. The summed E-state index contributed by atoms with van der Waals surface area (Å²) in [5, 5.41) is 27.5. The van der Waals surface area contributed by atoms with E-state index in [1.807, 2.05) is 25.1 Å². The minimum Gasteiger partial charge on any atom is -0.377 e. The maximum absolute atomic E-state index is 14.8. The monoisotopic (exact) mass is 1470 g/mol. The highest BCUT2D eigenvalue weighted by Gasteiger charge is 2.36. The standard InChI is InChI=1S/C73H116N16O16/c1-3-5-7-8-9-10-11-12-13-14-18-31-62(91)79-36-38-102-40-42-104-48-64(93)80-37-39-103-41-43-105-49-65(94)83-55(27-6-4-2)67(96)86-57-32-33-63(92)78-34-22-21-29-54(66(75)95)84-71(100)59(45-51-47-82-53-28-20-19-26-52(51)53)88-68(97)56(30-23-35-81-73(76)77)85-70(99)58(44-50-24-16-15-17-25-50)87-72(101)60(46-61(74)90)89-69(57)98/h15-17,19-20,24-26,28,47,54-60,82H,3-14,18,21-23,27,29-46,48-49H2,1-2H3,(H2,74,90)(H2,75,95)(H,78,92)(H,79,91)(H,80,93)(H,83,94)(H,84,100)(H,85,99)(H,86,96)(H,87,101)(H,88,97)(H,89,98)(H4,76,77,81)/t54-,55-,56-,57-,58+,59-,60-/m0/s1. The Labute approximate surface area is 615 Å². The lowest BCUT2D eigenvalue weighted by Gasteiger charge is -2.28. The number of amides is 12. The molecule has 1 saturated heterocycles. The number of aromatic amines is 1.